The molecule has 0 aliphatic carbocycles. The molecule has 0 aromatic heterocycles. The molecule has 3 N–H and O–H groups in total. The minimum Gasteiger partial charge on any atom is -0.492 e. The number of hydrogen-bond acceptors (Lipinski definition) is 3. The van der Waals surface area contributed by atoms with Crippen LogP contribution in [0.1, 0.15) is 10.4 Å². The summed E-state index contributed by atoms with van der Waals surface area (Å²) in [7, 11) is 0. The topological polar surface area (TPSA) is 64.3 Å². The molecule has 4 rings (SSSR count). The van der Waals surface area contributed by atoms with Crippen LogP contribution < -0.4 is 15.8 Å². The third-order valence-electron chi connectivity index (χ3n) is 5.07. The number of anilines is 1. The molecule has 0 fully saturated rings. The van der Waals surface area contributed by atoms with Crippen molar-refractivity contribution in [1.82, 2.24) is 0 Å². The van der Waals surface area contributed by atoms with Crippen LogP contribution in [0.25, 0.3) is 22.3 Å². The van der Waals surface area contributed by atoms with Gasteiger partial charge in [-0.15, -0.1) is 12.4 Å². The third kappa shape index (κ3) is 5.98. The average molecular weight is 481 g/mol. The summed E-state index contributed by atoms with van der Waals surface area (Å²) in [5.74, 6) is -0.404. The van der Waals surface area contributed by atoms with Crippen LogP contribution >= 0.6 is 12.4 Å². The zero-order valence-corrected chi connectivity index (χ0v) is 18.9. The quantitative estimate of drug-likeness (QED) is 0.326. The van der Waals surface area contributed by atoms with Crippen molar-refractivity contribution in [1.29, 1.82) is 0 Å². The minimum atomic E-state index is -0.349. The van der Waals surface area contributed by atoms with Gasteiger partial charge < -0.3 is 15.8 Å². The van der Waals surface area contributed by atoms with E-state index in [1.165, 1.54) is 24.3 Å². The molecule has 0 saturated carbocycles. The van der Waals surface area contributed by atoms with Crippen LogP contribution in [0, 0.1) is 11.6 Å². The number of carbonyl (C=O) groups excluding carboxylic acids is 1. The van der Waals surface area contributed by atoms with Gasteiger partial charge in [0.05, 0.1) is 0 Å². The highest BCUT2D eigenvalue weighted by Crippen LogP contribution is 2.32. The van der Waals surface area contributed by atoms with E-state index in [1.54, 1.807) is 48.5 Å². The lowest BCUT2D eigenvalue weighted by molar-refractivity contribution is 0.102. The van der Waals surface area contributed by atoms with Crippen LogP contribution in [-0.4, -0.2) is 19.1 Å². The second-order valence-corrected chi connectivity index (χ2v) is 7.40. The molecule has 4 aromatic carbocycles. The fourth-order valence-corrected chi connectivity index (χ4v) is 3.44. The highest BCUT2D eigenvalue weighted by molar-refractivity contribution is 6.05. The zero-order valence-electron chi connectivity index (χ0n) is 18.1. The van der Waals surface area contributed by atoms with Gasteiger partial charge in [-0.25, -0.2) is 8.78 Å². The lowest BCUT2D eigenvalue weighted by Gasteiger charge is -2.14. The van der Waals surface area contributed by atoms with E-state index in [0.29, 0.717) is 35.7 Å². The first-order valence-electron chi connectivity index (χ1n) is 10.4. The van der Waals surface area contributed by atoms with Gasteiger partial charge in [0.1, 0.15) is 24.0 Å². The molecule has 0 aliphatic rings. The number of halogens is 3. The SMILES string of the molecule is Cl.NCCOc1ccc(C(=O)Nc2cccc(-c3ccc(F)cc3)c2)cc1-c1ccc(F)cc1. The Kier molecular flexibility index (Phi) is 8.35. The molecular formula is C27H23ClF2N2O2. The van der Waals surface area contributed by atoms with Gasteiger partial charge in [0.2, 0.25) is 0 Å². The standard InChI is InChI=1S/C27H22F2N2O2.ClH/c28-22-9-4-18(5-10-22)20-2-1-3-24(16-20)31-27(32)21-8-13-26(33-15-14-30)25(17-21)19-6-11-23(29)12-7-19;/h1-13,16-17H,14-15,30H2,(H,31,32);1H. The Morgan fingerprint density at radius 2 is 1.44 bits per heavy atom. The Bertz CT molecular complexity index is 1260. The molecule has 7 heteroatoms. The maximum absolute atomic E-state index is 13.4. The first kappa shape index (κ1) is 24.9. The van der Waals surface area contributed by atoms with Gasteiger partial charge in [-0.2, -0.15) is 0 Å². The molecule has 0 aliphatic heterocycles. The van der Waals surface area contributed by atoms with Crippen molar-refractivity contribution in [2.24, 2.45) is 5.73 Å². The van der Waals surface area contributed by atoms with Crippen LogP contribution in [-0.2, 0) is 0 Å². The number of hydrogen-bond donors (Lipinski definition) is 2. The number of ether oxygens (including phenoxy) is 1. The molecule has 4 aromatic rings. The molecule has 0 bridgehead atoms. The van der Waals surface area contributed by atoms with Gasteiger partial charge in [0.15, 0.2) is 0 Å². The van der Waals surface area contributed by atoms with Crippen LogP contribution in [0.5, 0.6) is 5.75 Å². The second kappa shape index (κ2) is 11.4. The minimum absolute atomic E-state index is 0. The summed E-state index contributed by atoms with van der Waals surface area (Å²) in [6.07, 6.45) is 0. The highest BCUT2D eigenvalue weighted by Gasteiger charge is 2.13. The van der Waals surface area contributed by atoms with Crippen molar-refractivity contribution in [3.63, 3.8) is 0 Å². The van der Waals surface area contributed by atoms with Crippen LogP contribution in [0.2, 0.25) is 0 Å². The Balaban J connectivity index is 0.00000324. The number of benzene rings is 4. The summed E-state index contributed by atoms with van der Waals surface area (Å²) < 4.78 is 32.3. The van der Waals surface area contributed by atoms with Gasteiger partial charge in [-0.3, -0.25) is 4.79 Å². The van der Waals surface area contributed by atoms with Gasteiger partial charge in [-0.05, 0) is 71.3 Å². The number of carbonyl (C=O) groups is 1. The summed E-state index contributed by atoms with van der Waals surface area (Å²) in [5, 5.41) is 2.90. The van der Waals surface area contributed by atoms with Crippen LogP contribution in [0.15, 0.2) is 91.0 Å². The summed E-state index contributed by atoms with van der Waals surface area (Å²) in [6.45, 7) is 0.658. The fraction of sp³-hybridized carbons (Fsp3) is 0.0741. The van der Waals surface area contributed by atoms with E-state index in [9.17, 15) is 13.6 Å². The van der Waals surface area contributed by atoms with E-state index in [4.69, 9.17) is 10.5 Å². The molecule has 0 atom stereocenters. The monoisotopic (exact) mass is 480 g/mol. The van der Waals surface area contributed by atoms with Crippen LogP contribution in [0.3, 0.4) is 0 Å². The van der Waals surface area contributed by atoms with Gasteiger partial charge >= 0.3 is 0 Å². The number of nitrogens with one attached hydrogen (secondary N) is 1. The molecule has 34 heavy (non-hydrogen) atoms. The highest BCUT2D eigenvalue weighted by atomic mass is 35.5. The Labute approximate surface area is 202 Å². The lowest BCUT2D eigenvalue weighted by atomic mass is 10.0. The van der Waals surface area contributed by atoms with E-state index in [1.807, 2.05) is 18.2 Å². The number of amides is 1. The van der Waals surface area contributed by atoms with E-state index in [0.717, 1.165) is 16.7 Å². The van der Waals surface area contributed by atoms with Crippen molar-refractivity contribution >= 4 is 24.0 Å². The van der Waals surface area contributed by atoms with Gasteiger partial charge in [0, 0.05) is 23.4 Å². The number of nitrogens with two attached hydrogens (primary N) is 1. The molecule has 174 valence electrons. The summed E-state index contributed by atoms with van der Waals surface area (Å²) in [4.78, 5) is 13.0. The van der Waals surface area contributed by atoms with E-state index in [2.05, 4.69) is 5.32 Å². The lowest BCUT2D eigenvalue weighted by Crippen LogP contribution is -2.13. The zero-order chi connectivity index (χ0) is 23.2. The predicted molar refractivity (Wildman–Crippen MR) is 133 cm³/mol. The first-order chi connectivity index (χ1) is 16.0. The maximum atomic E-state index is 13.4. The third-order valence-corrected chi connectivity index (χ3v) is 5.07. The molecule has 1 amide bonds. The summed E-state index contributed by atoms with van der Waals surface area (Å²) >= 11 is 0. The van der Waals surface area contributed by atoms with Gasteiger partial charge in [-0.1, -0.05) is 36.4 Å². The molecular weight excluding hydrogens is 458 g/mol. The fourth-order valence-electron chi connectivity index (χ4n) is 3.44. The second-order valence-electron chi connectivity index (χ2n) is 7.40. The maximum Gasteiger partial charge on any atom is 0.255 e. The Morgan fingerprint density at radius 3 is 2.09 bits per heavy atom. The van der Waals surface area contributed by atoms with Crippen molar-refractivity contribution < 1.29 is 18.3 Å². The summed E-state index contributed by atoms with van der Waals surface area (Å²) in [5.41, 5.74) is 9.65. The van der Waals surface area contributed by atoms with E-state index >= 15 is 0 Å². The molecule has 0 saturated heterocycles. The van der Waals surface area contributed by atoms with E-state index in [-0.39, 0.29) is 29.9 Å². The van der Waals surface area contributed by atoms with Crippen molar-refractivity contribution in [3.05, 3.63) is 108 Å². The average Bonchev–Trinajstić information content (AvgIpc) is 2.84. The molecule has 0 radical (unpaired) electrons. The van der Waals surface area contributed by atoms with Crippen molar-refractivity contribution in [2.45, 2.75) is 0 Å². The largest absolute Gasteiger partial charge is 0.492 e. The normalized spacial score (nSPS) is 10.3. The van der Waals surface area contributed by atoms with Crippen LogP contribution in [0.4, 0.5) is 14.5 Å². The first-order valence-corrected chi connectivity index (χ1v) is 10.4. The Hall–Kier alpha value is -3.74. The predicted octanol–water partition coefficient (Wildman–Crippen LogP) is 6.31. The van der Waals surface area contributed by atoms with Crippen molar-refractivity contribution in [3.8, 4) is 28.0 Å². The molecule has 0 spiro atoms. The van der Waals surface area contributed by atoms with Crippen molar-refractivity contribution in [2.75, 3.05) is 18.5 Å². The smallest absolute Gasteiger partial charge is 0.255 e. The number of rotatable bonds is 7. The van der Waals surface area contributed by atoms with E-state index < -0.39 is 0 Å². The molecule has 0 unspecified atom stereocenters. The molecule has 4 nitrogen and oxygen atoms in total. The summed E-state index contributed by atoms with van der Waals surface area (Å²) in [6, 6.07) is 24.5. The van der Waals surface area contributed by atoms with Gasteiger partial charge in [0.25, 0.3) is 5.91 Å². The molecule has 0 heterocycles. The Morgan fingerprint density at radius 1 is 0.794 bits per heavy atom.